The highest BCUT2D eigenvalue weighted by Crippen LogP contribution is 2.14. The van der Waals surface area contributed by atoms with Gasteiger partial charge in [0.25, 0.3) is 0 Å². The maximum atomic E-state index is 13.2. The lowest BCUT2D eigenvalue weighted by molar-refractivity contribution is 0.380. The molecule has 3 nitrogen and oxygen atoms in total. The van der Waals surface area contributed by atoms with Gasteiger partial charge in [-0.25, -0.2) is 8.78 Å². The summed E-state index contributed by atoms with van der Waals surface area (Å²) in [5.74, 6) is -0.959. The van der Waals surface area contributed by atoms with Crippen molar-refractivity contribution < 1.29 is 13.3 Å². The van der Waals surface area contributed by atoms with E-state index in [4.69, 9.17) is 4.52 Å². The minimum absolute atomic E-state index is 0.144. The van der Waals surface area contributed by atoms with Gasteiger partial charge >= 0.3 is 0 Å². The molecule has 15 heavy (non-hydrogen) atoms. The van der Waals surface area contributed by atoms with Gasteiger partial charge in [-0.2, -0.15) is 4.98 Å². The van der Waals surface area contributed by atoms with E-state index in [0.717, 1.165) is 6.07 Å². The van der Waals surface area contributed by atoms with Gasteiger partial charge in [-0.3, -0.25) is 0 Å². The molecular formula is C9H5BrF2N2O. The zero-order valence-electron chi connectivity index (χ0n) is 7.38. The lowest BCUT2D eigenvalue weighted by Crippen LogP contribution is -1.93. The highest BCUT2D eigenvalue weighted by molar-refractivity contribution is 9.10. The first-order chi connectivity index (χ1) is 7.15. The fraction of sp³-hybridized carbons (Fsp3) is 0.111. The number of nitrogens with zero attached hydrogens (tertiary/aromatic N) is 2. The summed E-state index contributed by atoms with van der Waals surface area (Å²) in [6.07, 6.45) is 0.144. The van der Waals surface area contributed by atoms with Crippen LogP contribution in [0.25, 0.3) is 0 Å². The van der Waals surface area contributed by atoms with Crippen LogP contribution in [0, 0.1) is 11.6 Å². The van der Waals surface area contributed by atoms with Crippen LogP contribution in [0.15, 0.2) is 27.5 Å². The van der Waals surface area contributed by atoms with E-state index < -0.39 is 11.6 Å². The molecule has 0 atom stereocenters. The number of aromatic nitrogens is 2. The standard InChI is InChI=1S/C9H5BrF2N2O/c10-9-13-8(15-14-9)3-5-1-2-6(11)4-7(5)12/h1-2,4H,3H2. The summed E-state index contributed by atoms with van der Waals surface area (Å²) in [4.78, 5) is 3.85. The number of hydrogen-bond donors (Lipinski definition) is 0. The highest BCUT2D eigenvalue weighted by Gasteiger charge is 2.09. The molecular weight excluding hydrogens is 270 g/mol. The van der Waals surface area contributed by atoms with Gasteiger partial charge < -0.3 is 4.52 Å². The first kappa shape index (κ1) is 10.2. The predicted molar refractivity (Wildman–Crippen MR) is 51.2 cm³/mol. The van der Waals surface area contributed by atoms with Crippen LogP contribution in [0.1, 0.15) is 11.5 Å². The number of hydrogen-bond acceptors (Lipinski definition) is 3. The maximum Gasteiger partial charge on any atom is 0.238 e. The maximum absolute atomic E-state index is 13.2. The monoisotopic (exact) mass is 274 g/mol. The molecule has 0 radical (unpaired) electrons. The van der Waals surface area contributed by atoms with Crippen LogP contribution in [0.5, 0.6) is 0 Å². The lowest BCUT2D eigenvalue weighted by Gasteiger charge is -1.98. The molecule has 1 heterocycles. The van der Waals surface area contributed by atoms with Crippen LogP contribution >= 0.6 is 15.9 Å². The third kappa shape index (κ3) is 2.38. The number of halogens is 3. The van der Waals surface area contributed by atoms with Crippen LogP contribution in [0.2, 0.25) is 0 Å². The molecule has 2 rings (SSSR count). The van der Waals surface area contributed by atoms with Crippen LogP contribution in [0.3, 0.4) is 0 Å². The normalized spacial score (nSPS) is 10.6. The molecule has 0 aliphatic heterocycles. The predicted octanol–water partition coefficient (Wildman–Crippen LogP) is 2.70. The van der Waals surface area contributed by atoms with Crippen molar-refractivity contribution >= 4 is 15.9 Å². The first-order valence-corrected chi connectivity index (χ1v) is 4.86. The van der Waals surface area contributed by atoms with Crippen molar-refractivity contribution in [2.24, 2.45) is 0 Å². The molecule has 0 spiro atoms. The van der Waals surface area contributed by atoms with E-state index in [1.165, 1.54) is 12.1 Å². The van der Waals surface area contributed by atoms with E-state index in [1.54, 1.807) is 0 Å². The van der Waals surface area contributed by atoms with Crippen molar-refractivity contribution in [3.8, 4) is 0 Å². The van der Waals surface area contributed by atoms with E-state index >= 15 is 0 Å². The average Bonchev–Trinajstić information content (AvgIpc) is 2.56. The van der Waals surface area contributed by atoms with Gasteiger partial charge in [0.2, 0.25) is 10.6 Å². The second-order valence-electron chi connectivity index (χ2n) is 2.87. The Bertz CT molecular complexity index is 487. The highest BCUT2D eigenvalue weighted by atomic mass is 79.9. The molecule has 0 fully saturated rings. The Morgan fingerprint density at radius 2 is 2.13 bits per heavy atom. The van der Waals surface area contributed by atoms with E-state index in [1.807, 2.05) is 0 Å². The molecule has 0 N–H and O–H groups in total. The Balaban J connectivity index is 2.24. The van der Waals surface area contributed by atoms with E-state index in [9.17, 15) is 8.78 Å². The van der Waals surface area contributed by atoms with Gasteiger partial charge in [0.05, 0.1) is 6.42 Å². The first-order valence-electron chi connectivity index (χ1n) is 4.07. The summed E-state index contributed by atoms with van der Waals surface area (Å²) in [5, 5.41) is 3.49. The van der Waals surface area contributed by atoms with Gasteiger partial charge in [-0.15, -0.1) is 0 Å². The molecule has 0 saturated heterocycles. The molecule has 2 aromatic rings. The summed E-state index contributed by atoms with van der Waals surface area (Å²) >= 11 is 3.01. The van der Waals surface area contributed by atoms with Crippen molar-refractivity contribution in [1.82, 2.24) is 10.1 Å². The molecule has 1 aromatic heterocycles. The summed E-state index contributed by atoms with van der Waals surface area (Å²) in [7, 11) is 0. The van der Waals surface area contributed by atoms with Crippen LogP contribution < -0.4 is 0 Å². The Kier molecular flexibility index (Phi) is 2.77. The van der Waals surface area contributed by atoms with Gasteiger partial charge in [-0.05, 0) is 32.7 Å². The fourth-order valence-electron chi connectivity index (χ4n) is 1.13. The Hall–Kier alpha value is -1.30. The largest absolute Gasteiger partial charge is 0.338 e. The Morgan fingerprint density at radius 1 is 1.33 bits per heavy atom. The van der Waals surface area contributed by atoms with Gasteiger partial charge in [0, 0.05) is 6.07 Å². The third-order valence-corrected chi connectivity index (χ3v) is 2.12. The van der Waals surface area contributed by atoms with E-state index in [-0.39, 0.29) is 12.3 Å². The second-order valence-corrected chi connectivity index (χ2v) is 3.58. The summed E-state index contributed by atoms with van der Waals surface area (Å²) < 4.78 is 30.9. The molecule has 0 amide bonds. The molecule has 6 heteroatoms. The van der Waals surface area contributed by atoms with E-state index in [2.05, 4.69) is 26.1 Å². The van der Waals surface area contributed by atoms with Crippen molar-refractivity contribution in [2.45, 2.75) is 6.42 Å². The van der Waals surface area contributed by atoms with Crippen molar-refractivity contribution in [2.75, 3.05) is 0 Å². The smallest absolute Gasteiger partial charge is 0.238 e. The summed E-state index contributed by atoms with van der Waals surface area (Å²) in [5.41, 5.74) is 0.313. The molecule has 78 valence electrons. The van der Waals surface area contributed by atoms with Gasteiger partial charge in [0.1, 0.15) is 11.6 Å². The minimum Gasteiger partial charge on any atom is -0.338 e. The summed E-state index contributed by atoms with van der Waals surface area (Å²) in [6.45, 7) is 0. The lowest BCUT2D eigenvalue weighted by atomic mass is 10.1. The third-order valence-electron chi connectivity index (χ3n) is 1.80. The topological polar surface area (TPSA) is 38.9 Å². The Labute approximate surface area is 92.2 Å². The van der Waals surface area contributed by atoms with Crippen molar-refractivity contribution in [3.05, 3.63) is 46.0 Å². The van der Waals surface area contributed by atoms with Gasteiger partial charge in [-0.1, -0.05) is 6.07 Å². The van der Waals surface area contributed by atoms with Crippen LogP contribution in [0.4, 0.5) is 8.78 Å². The molecule has 0 saturated carbocycles. The fourth-order valence-corrected chi connectivity index (χ4v) is 1.40. The SMILES string of the molecule is Fc1ccc(Cc2nc(Br)no2)c(F)c1. The molecule has 0 bridgehead atoms. The summed E-state index contributed by atoms with van der Waals surface area (Å²) in [6, 6.07) is 3.35. The van der Waals surface area contributed by atoms with Crippen LogP contribution in [-0.2, 0) is 6.42 Å². The average molecular weight is 275 g/mol. The molecule has 1 aromatic carbocycles. The quantitative estimate of drug-likeness (QED) is 0.845. The van der Waals surface area contributed by atoms with Gasteiger partial charge in [0.15, 0.2) is 0 Å². The van der Waals surface area contributed by atoms with E-state index in [0.29, 0.717) is 10.3 Å². The molecule has 0 aliphatic carbocycles. The zero-order valence-corrected chi connectivity index (χ0v) is 8.96. The van der Waals surface area contributed by atoms with Crippen molar-refractivity contribution in [1.29, 1.82) is 0 Å². The Morgan fingerprint density at radius 3 is 2.73 bits per heavy atom. The zero-order chi connectivity index (χ0) is 10.8. The van der Waals surface area contributed by atoms with Crippen LogP contribution in [-0.4, -0.2) is 10.1 Å². The van der Waals surface area contributed by atoms with Crippen molar-refractivity contribution in [3.63, 3.8) is 0 Å². The number of benzene rings is 1. The molecule has 0 aliphatic rings. The minimum atomic E-state index is -0.621. The second kappa shape index (κ2) is 4.06. The molecule has 0 unspecified atom stereocenters. The number of rotatable bonds is 2.